The van der Waals surface area contributed by atoms with Crippen molar-refractivity contribution in [3.05, 3.63) is 41.0 Å². The molecule has 0 aromatic heterocycles. The van der Waals surface area contributed by atoms with Crippen molar-refractivity contribution in [3.63, 3.8) is 0 Å². The van der Waals surface area contributed by atoms with E-state index in [0.29, 0.717) is 5.92 Å². The summed E-state index contributed by atoms with van der Waals surface area (Å²) in [7, 11) is 1.77. The summed E-state index contributed by atoms with van der Waals surface area (Å²) in [5.41, 5.74) is 3.79. The Labute approximate surface area is 103 Å². The molecule has 2 rings (SSSR count). The zero-order valence-corrected chi connectivity index (χ0v) is 10.9. The van der Waals surface area contributed by atoms with E-state index < -0.39 is 0 Å². The summed E-state index contributed by atoms with van der Waals surface area (Å²) in [6.07, 6.45) is 2.99. The molecule has 2 heteroatoms. The van der Waals surface area contributed by atoms with Crippen LogP contribution in [0.15, 0.2) is 34.8 Å². The minimum Gasteiger partial charge on any atom is -0.439 e. The molecule has 1 aliphatic rings. The minimum absolute atomic E-state index is 0.551. The van der Waals surface area contributed by atoms with Gasteiger partial charge in [0.15, 0.2) is 0 Å². The van der Waals surface area contributed by atoms with Crippen LogP contribution in [-0.4, -0.2) is 12.9 Å². The Morgan fingerprint density at radius 3 is 2.71 bits per heavy atom. The van der Waals surface area contributed by atoms with Gasteiger partial charge in [-0.25, -0.2) is 0 Å². The Morgan fingerprint density at radius 2 is 2.12 bits per heavy atom. The predicted octanol–water partition coefficient (Wildman–Crippen LogP) is 3.72. The Balaban J connectivity index is 2.42. The molecule has 0 saturated heterocycles. The van der Waals surface area contributed by atoms with Crippen LogP contribution in [0.5, 0.6) is 5.75 Å². The minimum atomic E-state index is 0.551. The van der Waals surface area contributed by atoms with Gasteiger partial charge < -0.3 is 4.74 Å². The Hall–Kier alpha value is -1.57. The molecular weight excluding hydrogens is 210 g/mol. The zero-order chi connectivity index (χ0) is 12.4. The maximum atomic E-state index is 5.80. The van der Waals surface area contributed by atoms with E-state index in [1.807, 2.05) is 6.92 Å². The number of allylic oxidation sites excluding steroid dienone is 1. The van der Waals surface area contributed by atoms with Gasteiger partial charge in [0.1, 0.15) is 5.75 Å². The molecule has 0 atom stereocenters. The van der Waals surface area contributed by atoms with Crippen LogP contribution in [0.2, 0.25) is 0 Å². The third-order valence-electron chi connectivity index (χ3n) is 3.16. The molecule has 0 radical (unpaired) electrons. The quantitative estimate of drug-likeness (QED) is 0.719. The van der Waals surface area contributed by atoms with E-state index in [-0.39, 0.29) is 0 Å². The fourth-order valence-corrected chi connectivity index (χ4v) is 2.06. The third-order valence-corrected chi connectivity index (χ3v) is 3.16. The molecule has 0 N–H and O–H groups in total. The maximum Gasteiger partial charge on any atom is 0.217 e. The van der Waals surface area contributed by atoms with Gasteiger partial charge in [0.05, 0.1) is 0 Å². The number of hydrogen-bond donors (Lipinski definition) is 0. The number of ether oxygens (including phenoxy) is 1. The van der Waals surface area contributed by atoms with Crippen molar-refractivity contribution in [3.8, 4) is 5.75 Å². The van der Waals surface area contributed by atoms with Crippen molar-refractivity contribution in [1.82, 2.24) is 0 Å². The van der Waals surface area contributed by atoms with Crippen molar-refractivity contribution >= 4 is 5.90 Å². The lowest BCUT2D eigenvalue weighted by atomic mass is 9.95. The van der Waals surface area contributed by atoms with Crippen LogP contribution in [0.4, 0.5) is 0 Å². The number of benzene rings is 1. The Bertz CT molecular complexity index is 484. The average molecular weight is 229 g/mol. The lowest BCUT2D eigenvalue weighted by molar-refractivity contribution is 0.527. The van der Waals surface area contributed by atoms with E-state index >= 15 is 0 Å². The van der Waals surface area contributed by atoms with Crippen molar-refractivity contribution in [1.29, 1.82) is 0 Å². The number of rotatable bonds is 1. The zero-order valence-electron chi connectivity index (χ0n) is 10.9. The van der Waals surface area contributed by atoms with Crippen LogP contribution < -0.4 is 4.74 Å². The molecule has 1 aromatic rings. The summed E-state index contributed by atoms with van der Waals surface area (Å²) in [5, 5.41) is 0. The van der Waals surface area contributed by atoms with Crippen molar-refractivity contribution < 1.29 is 4.74 Å². The summed E-state index contributed by atoms with van der Waals surface area (Å²) in [4.78, 5) is 4.18. The normalized spacial score (nSPS) is 19.6. The van der Waals surface area contributed by atoms with E-state index in [1.165, 1.54) is 16.7 Å². The predicted molar refractivity (Wildman–Crippen MR) is 72.0 cm³/mol. The van der Waals surface area contributed by atoms with Gasteiger partial charge in [-0.05, 0) is 30.0 Å². The van der Waals surface area contributed by atoms with Gasteiger partial charge in [-0.15, -0.1) is 0 Å². The highest BCUT2D eigenvalue weighted by atomic mass is 16.5. The Kier molecular flexibility index (Phi) is 3.32. The second-order valence-electron chi connectivity index (χ2n) is 4.64. The van der Waals surface area contributed by atoms with Gasteiger partial charge >= 0.3 is 0 Å². The van der Waals surface area contributed by atoms with Gasteiger partial charge in [0, 0.05) is 19.0 Å². The number of nitrogens with zero attached hydrogens (tertiary/aromatic N) is 1. The first-order valence-electron chi connectivity index (χ1n) is 6.08. The summed E-state index contributed by atoms with van der Waals surface area (Å²) in [5.74, 6) is 2.24. The van der Waals surface area contributed by atoms with E-state index in [0.717, 1.165) is 18.1 Å². The molecular formula is C15H19NO. The summed E-state index contributed by atoms with van der Waals surface area (Å²) in [6, 6.07) is 6.44. The second kappa shape index (κ2) is 4.74. The molecule has 0 amide bonds. The molecule has 1 aromatic carbocycles. The van der Waals surface area contributed by atoms with Crippen LogP contribution in [0.25, 0.3) is 0 Å². The van der Waals surface area contributed by atoms with E-state index in [4.69, 9.17) is 4.74 Å². The average Bonchev–Trinajstić information content (AvgIpc) is 2.36. The third kappa shape index (κ3) is 2.26. The summed E-state index contributed by atoms with van der Waals surface area (Å²) < 4.78 is 5.80. The topological polar surface area (TPSA) is 21.6 Å². The smallest absolute Gasteiger partial charge is 0.217 e. The highest BCUT2D eigenvalue weighted by Gasteiger charge is 2.20. The largest absolute Gasteiger partial charge is 0.439 e. The van der Waals surface area contributed by atoms with E-state index in [2.05, 4.69) is 43.1 Å². The van der Waals surface area contributed by atoms with Gasteiger partial charge in [-0.2, -0.15) is 0 Å². The van der Waals surface area contributed by atoms with Crippen LogP contribution in [0.3, 0.4) is 0 Å². The molecule has 0 bridgehead atoms. The molecule has 0 saturated carbocycles. The van der Waals surface area contributed by atoms with Crippen molar-refractivity contribution in [2.45, 2.75) is 33.1 Å². The number of fused-ring (bicyclic) bond motifs is 1. The molecule has 1 aliphatic heterocycles. The van der Waals surface area contributed by atoms with Crippen LogP contribution in [0.1, 0.15) is 37.8 Å². The second-order valence-corrected chi connectivity index (χ2v) is 4.64. The van der Waals surface area contributed by atoms with Gasteiger partial charge in [0.25, 0.3) is 0 Å². The lowest BCUT2D eigenvalue weighted by Gasteiger charge is -2.22. The molecule has 2 nitrogen and oxygen atoms in total. The Morgan fingerprint density at radius 1 is 1.35 bits per heavy atom. The SMILES string of the molecule is C/C=C1/Cc2cc(C(C)C)ccc2OC1=NC. The van der Waals surface area contributed by atoms with Crippen molar-refractivity contribution in [2.75, 3.05) is 7.05 Å². The van der Waals surface area contributed by atoms with E-state index in [1.54, 1.807) is 7.05 Å². The molecule has 0 fully saturated rings. The number of hydrogen-bond acceptors (Lipinski definition) is 2. The molecule has 0 unspecified atom stereocenters. The highest BCUT2D eigenvalue weighted by Crippen LogP contribution is 2.31. The summed E-state index contributed by atoms with van der Waals surface area (Å²) in [6.45, 7) is 6.45. The van der Waals surface area contributed by atoms with Gasteiger partial charge in [-0.1, -0.05) is 32.1 Å². The summed E-state index contributed by atoms with van der Waals surface area (Å²) >= 11 is 0. The fourth-order valence-electron chi connectivity index (χ4n) is 2.06. The van der Waals surface area contributed by atoms with Crippen LogP contribution >= 0.6 is 0 Å². The molecule has 17 heavy (non-hydrogen) atoms. The standard InChI is InChI=1S/C15H19NO/c1-5-11-8-13-9-12(10(2)3)6-7-14(13)17-15(11)16-4/h5-7,9-10H,8H2,1-4H3/b11-5-,16-15?. The van der Waals surface area contributed by atoms with Crippen molar-refractivity contribution in [2.24, 2.45) is 4.99 Å². The monoisotopic (exact) mass is 229 g/mol. The molecule has 0 aliphatic carbocycles. The van der Waals surface area contributed by atoms with Crippen LogP contribution in [0, 0.1) is 0 Å². The fraction of sp³-hybridized carbons (Fsp3) is 0.400. The molecule has 0 spiro atoms. The van der Waals surface area contributed by atoms with Gasteiger partial charge in [0.2, 0.25) is 5.90 Å². The first-order chi connectivity index (χ1) is 8.15. The lowest BCUT2D eigenvalue weighted by Crippen LogP contribution is -2.20. The first-order valence-corrected chi connectivity index (χ1v) is 6.08. The maximum absolute atomic E-state index is 5.80. The molecule has 90 valence electrons. The van der Waals surface area contributed by atoms with E-state index in [9.17, 15) is 0 Å². The van der Waals surface area contributed by atoms with Gasteiger partial charge in [-0.3, -0.25) is 4.99 Å². The first kappa shape index (κ1) is 11.9. The number of aliphatic imine (C=N–C) groups is 1. The van der Waals surface area contributed by atoms with Crippen LogP contribution in [-0.2, 0) is 6.42 Å². The highest BCUT2D eigenvalue weighted by molar-refractivity contribution is 5.97. The molecule has 1 heterocycles.